The first-order valence-corrected chi connectivity index (χ1v) is 2.88. The highest BCUT2D eigenvalue weighted by Crippen LogP contribution is 2.14. The average molecular weight is 121 g/mol. The van der Waals surface area contributed by atoms with Gasteiger partial charge in [0.25, 0.3) is 0 Å². The van der Waals surface area contributed by atoms with Gasteiger partial charge in [0.2, 0.25) is 0 Å². The zero-order chi connectivity index (χ0) is 6.85. The number of hydrogen-bond donors (Lipinski definition) is 1. The van der Waals surface area contributed by atoms with Gasteiger partial charge in [-0.25, -0.2) is 0 Å². The summed E-state index contributed by atoms with van der Waals surface area (Å²) >= 11 is 0. The molecule has 1 nitrogen and oxygen atoms in total. The molecular weight excluding hydrogens is 112 g/mol. The fourth-order valence-electron chi connectivity index (χ4n) is 0.748. The molecule has 1 aromatic rings. The Kier molecular flexibility index (Phi) is 1.43. The minimum atomic E-state index is 0.251. The Morgan fingerprint density at radius 3 is 2.56 bits per heavy atom. The van der Waals surface area contributed by atoms with Gasteiger partial charge in [-0.15, -0.1) is 0 Å². The Hall–Kier alpha value is -0.980. The van der Waals surface area contributed by atoms with Crippen LogP contribution < -0.4 is 0 Å². The van der Waals surface area contributed by atoms with E-state index in [2.05, 4.69) is 6.07 Å². The second-order valence-corrected chi connectivity index (χ2v) is 2.21. The molecule has 0 aromatic heterocycles. The summed E-state index contributed by atoms with van der Waals surface area (Å²) in [6.07, 6.45) is 0. The Bertz CT molecular complexity index is 216. The minimum Gasteiger partial charge on any atom is -0.507 e. The molecule has 1 aromatic carbocycles. The molecule has 0 bridgehead atoms. The van der Waals surface area contributed by atoms with Crippen molar-refractivity contribution in [2.45, 2.75) is 13.8 Å². The SMILES string of the molecule is Cc1c[c]c(O)c(C)c1. The molecule has 0 fully saturated rings. The Balaban J connectivity index is 3.17. The van der Waals surface area contributed by atoms with Crippen LogP contribution in [0.15, 0.2) is 12.1 Å². The summed E-state index contributed by atoms with van der Waals surface area (Å²) in [5.41, 5.74) is 2.01. The van der Waals surface area contributed by atoms with Crippen molar-refractivity contribution in [3.8, 4) is 5.75 Å². The fourth-order valence-corrected chi connectivity index (χ4v) is 0.748. The lowest BCUT2D eigenvalue weighted by Crippen LogP contribution is -1.75. The first-order valence-electron chi connectivity index (χ1n) is 2.88. The van der Waals surface area contributed by atoms with E-state index in [1.165, 1.54) is 0 Å². The van der Waals surface area contributed by atoms with E-state index < -0.39 is 0 Å². The van der Waals surface area contributed by atoms with Crippen molar-refractivity contribution in [3.63, 3.8) is 0 Å². The van der Waals surface area contributed by atoms with Gasteiger partial charge < -0.3 is 5.11 Å². The highest BCUT2D eigenvalue weighted by Gasteiger charge is 1.92. The van der Waals surface area contributed by atoms with E-state index in [1.807, 2.05) is 19.9 Å². The molecule has 0 amide bonds. The highest BCUT2D eigenvalue weighted by atomic mass is 16.3. The van der Waals surface area contributed by atoms with E-state index in [0.29, 0.717) is 0 Å². The predicted molar refractivity (Wildman–Crippen MR) is 36.4 cm³/mol. The molecule has 1 radical (unpaired) electrons. The van der Waals surface area contributed by atoms with Gasteiger partial charge in [-0.2, -0.15) is 0 Å². The topological polar surface area (TPSA) is 20.2 Å². The van der Waals surface area contributed by atoms with Crippen molar-refractivity contribution >= 4 is 0 Å². The van der Waals surface area contributed by atoms with Crippen LogP contribution in [0, 0.1) is 19.9 Å². The third-order valence-corrected chi connectivity index (χ3v) is 1.25. The average Bonchev–Trinajstić information content (AvgIpc) is 1.80. The number of rotatable bonds is 0. The van der Waals surface area contributed by atoms with Gasteiger partial charge in [0, 0.05) is 6.07 Å². The van der Waals surface area contributed by atoms with Crippen LogP contribution in [0.1, 0.15) is 11.1 Å². The summed E-state index contributed by atoms with van der Waals surface area (Å²) in [6, 6.07) is 6.41. The van der Waals surface area contributed by atoms with Gasteiger partial charge >= 0.3 is 0 Å². The fraction of sp³-hybridized carbons (Fsp3) is 0.250. The van der Waals surface area contributed by atoms with Crippen LogP contribution in [0.3, 0.4) is 0 Å². The molecule has 0 aliphatic carbocycles. The van der Waals surface area contributed by atoms with Crippen molar-refractivity contribution in [2.24, 2.45) is 0 Å². The van der Waals surface area contributed by atoms with Crippen molar-refractivity contribution in [1.29, 1.82) is 0 Å². The summed E-state index contributed by atoms with van der Waals surface area (Å²) in [6.45, 7) is 3.84. The van der Waals surface area contributed by atoms with E-state index in [-0.39, 0.29) is 5.75 Å². The maximum atomic E-state index is 8.99. The maximum absolute atomic E-state index is 8.99. The molecule has 0 saturated carbocycles. The molecule has 1 heteroatoms. The van der Waals surface area contributed by atoms with Gasteiger partial charge in [-0.05, 0) is 31.0 Å². The third-order valence-electron chi connectivity index (χ3n) is 1.25. The largest absolute Gasteiger partial charge is 0.507 e. The first-order chi connectivity index (χ1) is 4.20. The predicted octanol–water partition coefficient (Wildman–Crippen LogP) is 1.81. The molecule has 0 aliphatic heterocycles. The normalized spacial score (nSPS) is 9.56. The summed E-state index contributed by atoms with van der Waals surface area (Å²) < 4.78 is 0. The Morgan fingerprint density at radius 1 is 1.44 bits per heavy atom. The molecule has 1 rings (SSSR count). The quantitative estimate of drug-likeness (QED) is 0.555. The van der Waals surface area contributed by atoms with Crippen LogP contribution in [0.2, 0.25) is 0 Å². The van der Waals surface area contributed by atoms with Crippen LogP contribution in [0.25, 0.3) is 0 Å². The smallest absolute Gasteiger partial charge is 0.126 e. The van der Waals surface area contributed by atoms with Crippen molar-refractivity contribution in [3.05, 3.63) is 29.3 Å². The number of phenolic OH excluding ortho intramolecular Hbond substituents is 1. The number of benzene rings is 1. The molecule has 0 aliphatic rings. The van der Waals surface area contributed by atoms with E-state index in [9.17, 15) is 0 Å². The zero-order valence-electron chi connectivity index (χ0n) is 5.60. The van der Waals surface area contributed by atoms with Crippen LogP contribution in [0.5, 0.6) is 5.75 Å². The maximum Gasteiger partial charge on any atom is 0.126 e. The van der Waals surface area contributed by atoms with Gasteiger partial charge in [0.15, 0.2) is 0 Å². The van der Waals surface area contributed by atoms with Crippen molar-refractivity contribution < 1.29 is 5.11 Å². The molecule has 0 heterocycles. The zero-order valence-corrected chi connectivity index (χ0v) is 5.60. The van der Waals surface area contributed by atoms with Crippen LogP contribution in [-0.4, -0.2) is 5.11 Å². The van der Waals surface area contributed by atoms with Gasteiger partial charge in [-0.3, -0.25) is 0 Å². The number of hydrogen-bond acceptors (Lipinski definition) is 1. The Labute approximate surface area is 55.0 Å². The number of aromatic hydroxyl groups is 1. The van der Waals surface area contributed by atoms with Crippen molar-refractivity contribution in [1.82, 2.24) is 0 Å². The van der Waals surface area contributed by atoms with Crippen LogP contribution in [-0.2, 0) is 0 Å². The molecule has 0 saturated heterocycles. The molecular formula is C8H9O. The van der Waals surface area contributed by atoms with Crippen molar-refractivity contribution in [2.75, 3.05) is 0 Å². The second-order valence-electron chi connectivity index (χ2n) is 2.21. The lowest BCUT2D eigenvalue weighted by Gasteiger charge is -1.96. The molecule has 0 spiro atoms. The monoisotopic (exact) mass is 121 g/mol. The molecule has 9 heavy (non-hydrogen) atoms. The van der Waals surface area contributed by atoms with Gasteiger partial charge in [0.1, 0.15) is 5.75 Å². The molecule has 1 N–H and O–H groups in total. The minimum absolute atomic E-state index is 0.251. The first kappa shape index (κ1) is 6.14. The Morgan fingerprint density at radius 2 is 2.11 bits per heavy atom. The second kappa shape index (κ2) is 2.09. The number of aryl methyl sites for hydroxylation is 2. The summed E-state index contributed by atoms with van der Waals surface area (Å²) in [4.78, 5) is 0. The lowest BCUT2D eigenvalue weighted by molar-refractivity contribution is 0.470. The lowest BCUT2D eigenvalue weighted by atomic mass is 10.1. The summed E-state index contributed by atoms with van der Waals surface area (Å²) in [7, 11) is 0. The van der Waals surface area contributed by atoms with E-state index in [1.54, 1.807) is 6.07 Å². The number of phenols is 1. The van der Waals surface area contributed by atoms with Gasteiger partial charge in [-0.1, -0.05) is 6.07 Å². The summed E-state index contributed by atoms with van der Waals surface area (Å²) in [5.74, 6) is 0.251. The van der Waals surface area contributed by atoms with Crippen LogP contribution in [0.4, 0.5) is 0 Å². The standard InChI is InChI=1S/C8H9O/c1-6-3-4-8(9)7(2)5-6/h3,5,9H,1-2H3. The van der Waals surface area contributed by atoms with E-state index in [0.717, 1.165) is 11.1 Å². The van der Waals surface area contributed by atoms with Crippen LogP contribution >= 0.6 is 0 Å². The van der Waals surface area contributed by atoms with E-state index in [4.69, 9.17) is 5.11 Å². The molecule has 0 unspecified atom stereocenters. The highest BCUT2D eigenvalue weighted by molar-refractivity contribution is 5.32. The molecule has 47 valence electrons. The summed E-state index contributed by atoms with van der Waals surface area (Å²) in [5, 5.41) is 8.99. The third kappa shape index (κ3) is 1.22. The van der Waals surface area contributed by atoms with E-state index >= 15 is 0 Å². The van der Waals surface area contributed by atoms with Gasteiger partial charge in [0.05, 0.1) is 0 Å². The molecule has 0 atom stereocenters.